The number of primary amides is 1. The zero-order valence-electron chi connectivity index (χ0n) is 15.0. The number of nitrogens with one attached hydrogen (secondary N) is 2. The SMILES string of the molecule is CSCC[C@H](N)C(=O)N[C@@H](CCC(N)=O)C(=O)N[C@@H](CCC(=O)O)C(=O)O. The van der Waals surface area contributed by atoms with Crippen LogP contribution in [0.2, 0.25) is 0 Å². The second kappa shape index (κ2) is 12.9. The van der Waals surface area contributed by atoms with Gasteiger partial charge in [-0.25, -0.2) is 4.79 Å². The highest BCUT2D eigenvalue weighted by Gasteiger charge is 2.28. The minimum absolute atomic E-state index is 0.145. The highest BCUT2D eigenvalue weighted by Crippen LogP contribution is 2.04. The molecule has 0 saturated heterocycles. The molecule has 0 aromatic carbocycles. The molecule has 0 aliphatic heterocycles. The summed E-state index contributed by atoms with van der Waals surface area (Å²) in [6.07, 6.45) is 1.05. The highest BCUT2D eigenvalue weighted by atomic mass is 32.2. The van der Waals surface area contributed by atoms with Crippen LogP contribution < -0.4 is 22.1 Å². The van der Waals surface area contributed by atoms with Gasteiger partial charge in [0, 0.05) is 12.8 Å². The Labute approximate surface area is 160 Å². The number of hydrogen-bond donors (Lipinski definition) is 6. The smallest absolute Gasteiger partial charge is 0.326 e. The molecule has 0 heterocycles. The van der Waals surface area contributed by atoms with Gasteiger partial charge in [0.05, 0.1) is 6.04 Å². The van der Waals surface area contributed by atoms with E-state index in [1.165, 1.54) is 11.8 Å². The molecule has 0 aromatic heterocycles. The lowest BCUT2D eigenvalue weighted by Crippen LogP contribution is -2.54. The number of rotatable bonds is 14. The van der Waals surface area contributed by atoms with E-state index in [4.69, 9.17) is 21.7 Å². The third-order valence-electron chi connectivity index (χ3n) is 3.54. The monoisotopic (exact) mass is 406 g/mol. The molecule has 0 aliphatic rings. The van der Waals surface area contributed by atoms with E-state index in [1.54, 1.807) is 0 Å². The van der Waals surface area contributed by atoms with Gasteiger partial charge >= 0.3 is 11.9 Å². The summed E-state index contributed by atoms with van der Waals surface area (Å²) in [5, 5.41) is 22.3. The van der Waals surface area contributed by atoms with Crippen LogP contribution in [0, 0.1) is 0 Å². The fraction of sp³-hybridized carbons (Fsp3) is 0.667. The number of carbonyl (C=O) groups excluding carboxylic acids is 3. The molecular formula is C15H26N4O7S. The van der Waals surface area contributed by atoms with Crippen LogP contribution >= 0.6 is 11.8 Å². The van der Waals surface area contributed by atoms with E-state index in [1.807, 2.05) is 6.26 Å². The van der Waals surface area contributed by atoms with Crippen LogP contribution in [0.15, 0.2) is 0 Å². The predicted octanol–water partition coefficient (Wildman–Crippen LogP) is -1.75. The predicted molar refractivity (Wildman–Crippen MR) is 97.8 cm³/mol. The Morgan fingerprint density at radius 2 is 1.48 bits per heavy atom. The Morgan fingerprint density at radius 1 is 0.926 bits per heavy atom. The summed E-state index contributed by atoms with van der Waals surface area (Å²) in [5.74, 6) is -4.18. The Bertz CT molecular complexity index is 558. The number of thioether (sulfide) groups is 1. The molecule has 3 atom stereocenters. The normalized spacial score (nSPS) is 13.9. The molecular weight excluding hydrogens is 380 g/mol. The molecule has 0 aromatic rings. The molecule has 11 nitrogen and oxygen atoms in total. The number of carbonyl (C=O) groups is 5. The van der Waals surface area contributed by atoms with Crippen molar-refractivity contribution in [2.24, 2.45) is 11.5 Å². The minimum Gasteiger partial charge on any atom is -0.481 e. The van der Waals surface area contributed by atoms with Gasteiger partial charge in [-0.2, -0.15) is 11.8 Å². The van der Waals surface area contributed by atoms with Gasteiger partial charge in [-0.3, -0.25) is 19.2 Å². The van der Waals surface area contributed by atoms with Gasteiger partial charge in [0.25, 0.3) is 0 Å². The van der Waals surface area contributed by atoms with Gasteiger partial charge < -0.3 is 32.3 Å². The maximum absolute atomic E-state index is 12.4. The first kappa shape index (κ1) is 24.7. The topological polar surface area (TPSA) is 202 Å². The summed E-state index contributed by atoms with van der Waals surface area (Å²) >= 11 is 1.49. The van der Waals surface area contributed by atoms with Crippen LogP contribution in [0.5, 0.6) is 0 Å². The Morgan fingerprint density at radius 3 is 1.96 bits per heavy atom. The lowest BCUT2D eigenvalue weighted by molar-refractivity contribution is -0.143. The van der Waals surface area contributed by atoms with Crippen molar-refractivity contribution in [3.8, 4) is 0 Å². The largest absolute Gasteiger partial charge is 0.481 e. The molecule has 0 spiro atoms. The maximum Gasteiger partial charge on any atom is 0.326 e. The van der Waals surface area contributed by atoms with Crippen molar-refractivity contribution in [1.29, 1.82) is 0 Å². The molecule has 12 heteroatoms. The molecule has 8 N–H and O–H groups in total. The van der Waals surface area contributed by atoms with Crippen LogP contribution in [0.1, 0.15) is 32.1 Å². The summed E-state index contributed by atoms with van der Waals surface area (Å²) in [4.78, 5) is 57.2. The molecule has 154 valence electrons. The van der Waals surface area contributed by atoms with Gasteiger partial charge in [0.2, 0.25) is 17.7 Å². The zero-order valence-corrected chi connectivity index (χ0v) is 15.8. The first-order chi connectivity index (χ1) is 12.6. The number of nitrogens with two attached hydrogens (primary N) is 2. The van der Waals surface area contributed by atoms with Crippen molar-refractivity contribution in [3.05, 3.63) is 0 Å². The molecule has 0 saturated carbocycles. The number of amides is 3. The van der Waals surface area contributed by atoms with Crippen LogP contribution in [-0.2, 0) is 24.0 Å². The van der Waals surface area contributed by atoms with Crippen LogP contribution in [0.25, 0.3) is 0 Å². The average molecular weight is 406 g/mol. The molecule has 3 amide bonds. The Kier molecular flexibility index (Phi) is 11.8. The van der Waals surface area contributed by atoms with E-state index in [2.05, 4.69) is 10.6 Å². The fourth-order valence-electron chi connectivity index (χ4n) is 2.01. The minimum atomic E-state index is -1.45. The van der Waals surface area contributed by atoms with Crippen molar-refractivity contribution < 1.29 is 34.2 Å². The van der Waals surface area contributed by atoms with E-state index < -0.39 is 54.2 Å². The third-order valence-corrected chi connectivity index (χ3v) is 4.19. The van der Waals surface area contributed by atoms with Crippen LogP contribution in [-0.4, -0.2) is 70.0 Å². The Balaban J connectivity index is 5.04. The summed E-state index contributed by atoms with van der Waals surface area (Å²) in [6.45, 7) is 0. The number of hydrogen-bond acceptors (Lipinski definition) is 7. The second-order valence-corrected chi connectivity index (χ2v) is 6.77. The van der Waals surface area contributed by atoms with Gasteiger partial charge in [0.15, 0.2) is 0 Å². The summed E-state index contributed by atoms with van der Waals surface area (Å²) in [6, 6.07) is -3.55. The zero-order chi connectivity index (χ0) is 21.0. The first-order valence-corrected chi connectivity index (χ1v) is 9.56. The van der Waals surface area contributed by atoms with E-state index in [0.29, 0.717) is 12.2 Å². The van der Waals surface area contributed by atoms with Gasteiger partial charge in [0.1, 0.15) is 12.1 Å². The van der Waals surface area contributed by atoms with Gasteiger partial charge in [-0.05, 0) is 31.3 Å². The van der Waals surface area contributed by atoms with Crippen molar-refractivity contribution in [3.63, 3.8) is 0 Å². The van der Waals surface area contributed by atoms with Crippen LogP contribution in [0.3, 0.4) is 0 Å². The highest BCUT2D eigenvalue weighted by molar-refractivity contribution is 7.98. The van der Waals surface area contributed by atoms with Gasteiger partial charge in [-0.15, -0.1) is 0 Å². The van der Waals surface area contributed by atoms with E-state index >= 15 is 0 Å². The summed E-state index contributed by atoms with van der Waals surface area (Å²) in [7, 11) is 0. The summed E-state index contributed by atoms with van der Waals surface area (Å²) < 4.78 is 0. The quantitative estimate of drug-likeness (QED) is 0.193. The molecule has 0 unspecified atom stereocenters. The molecule has 0 aliphatic carbocycles. The summed E-state index contributed by atoms with van der Waals surface area (Å²) in [5.41, 5.74) is 10.8. The average Bonchev–Trinajstić information content (AvgIpc) is 2.58. The molecule has 0 radical (unpaired) electrons. The van der Waals surface area contributed by atoms with Crippen molar-refractivity contribution in [2.45, 2.75) is 50.2 Å². The molecule has 0 fully saturated rings. The second-order valence-electron chi connectivity index (χ2n) is 5.79. The van der Waals surface area contributed by atoms with Crippen molar-refractivity contribution in [2.75, 3.05) is 12.0 Å². The van der Waals surface area contributed by atoms with E-state index in [9.17, 15) is 24.0 Å². The van der Waals surface area contributed by atoms with Crippen molar-refractivity contribution in [1.82, 2.24) is 10.6 Å². The lowest BCUT2D eigenvalue weighted by Gasteiger charge is -2.22. The molecule has 27 heavy (non-hydrogen) atoms. The number of carboxylic acid groups (broad SMARTS) is 2. The molecule has 0 rings (SSSR count). The standard InChI is InChI=1S/C15H26N4O7S/c1-27-7-6-8(16)13(23)18-9(2-4-11(17)20)14(24)19-10(15(25)26)3-5-12(21)22/h8-10H,2-7,16H2,1H3,(H2,17,20)(H,18,23)(H,19,24)(H,21,22)(H,25,26)/t8-,9-,10-/m0/s1. The first-order valence-electron chi connectivity index (χ1n) is 8.16. The van der Waals surface area contributed by atoms with Crippen LogP contribution in [0.4, 0.5) is 0 Å². The van der Waals surface area contributed by atoms with E-state index in [-0.39, 0.29) is 19.3 Å². The number of carboxylic acids is 2. The van der Waals surface area contributed by atoms with Gasteiger partial charge in [-0.1, -0.05) is 0 Å². The maximum atomic E-state index is 12.4. The third kappa shape index (κ3) is 11.1. The lowest BCUT2D eigenvalue weighted by atomic mass is 10.1. The molecule has 0 bridgehead atoms. The fourth-order valence-corrected chi connectivity index (χ4v) is 2.50. The van der Waals surface area contributed by atoms with E-state index in [0.717, 1.165) is 0 Å². The Hall–Kier alpha value is -2.34. The number of aliphatic carboxylic acids is 2. The van der Waals surface area contributed by atoms with Crippen molar-refractivity contribution >= 4 is 41.4 Å².